The van der Waals surface area contributed by atoms with Gasteiger partial charge in [-0.3, -0.25) is 4.79 Å². The van der Waals surface area contributed by atoms with E-state index in [0.29, 0.717) is 19.8 Å². The Morgan fingerprint density at radius 1 is 1.65 bits per heavy atom. The highest BCUT2D eigenvalue weighted by molar-refractivity contribution is 9.10. The van der Waals surface area contributed by atoms with Crippen LogP contribution in [-0.4, -0.2) is 32.2 Å². The Bertz CT molecular complexity index is 397. The monoisotopic (exact) mass is 318 g/mol. The minimum atomic E-state index is -0.0845. The smallest absolute Gasteiger partial charge is 0.227 e. The van der Waals surface area contributed by atoms with E-state index < -0.39 is 0 Å². The van der Waals surface area contributed by atoms with Crippen LogP contribution in [0.25, 0.3) is 0 Å². The second-order valence-corrected chi connectivity index (χ2v) is 5.80. The maximum Gasteiger partial charge on any atom is 0.227 e. The molecule has 1 aromatic rings. The van der Waals surface area contributed by atoms with Gasteiger partial charge in [0.2, 0.25) is 5.91 Å². The van der Waals surface area contributed by atoms with Crippen molar-refractivity contribution in [1.29, 1.82) is 0 Å². The topological polar surface area (TPSA) is 50.4 Å². The number of hydrogen-bond acceptors (Lipinski definition) is 4. The van der Waals surface area contributed by atoms with E-state index in [0.717, 1.165) is 9.35 Å². The van der Waals surface area contributed by atoms with Crippen LogP contribution in [0.1, 0.15) is 4.88 Å². The van der Waals surface area contributed by atoms with Gasteiger partial charge in [0.15, 0.2) is 0 Å². The van der Waals surface area contributed by atoms with Gasteiger partial charge < -0.3 is 15.4 Å². The van der Waals surface area contributed by atoms with Crippen molar-refractivity contribution in [3.63, 3.8) is 0 Å². The van der Waals surface area contributed by atoms with E-state index in [1.165, 1.54) is 0 Å². The Hall–Kier alpha value is -0.430. The van der Waals surface area contributed by atoms with Crippen molar-refractivity contribution < 1.29 is 9.53 Å². The van der Waals surface area contributed by atoms with E-state index in [4.69, 9.17) is 4.74 Å². The second-order valence-electron chi connectivity index (χ2n) is 3.95. The van der Waals surface area contributed by atoms with Gasteiger partial charge in [0.05, 0.1) is 25.7 Å². The fourth-order valence-electron chi connectivity index (χ4n) is 1.85. The lowest BCUT2D eigenvalue weighted by atomic mass is 10.0. The number of thiophene rings is 1. The van der Waals surface area contributed by atoms with Gasteiger partial charge in [-0.1, -0.05) is 0 Å². The van der Waals surface area contributed by atoms with Crippen molar-refractivity contribution >= 4 is 33.2 Å². The number of carbonyl (C=O) groups is 1. The Labute approximate surface area is 113 Å². The summed E-state index contributed by atoms with van der Waals surface area (Å²) in [7, 11) is 1.86. The number of ether oxygens (including phenoxy) is 1. The SMILES string of the molecule is CNC1COCC1C(=O)NCc1sccc1Br. The molecule has 1 fully saturated rings. The van der Waals surface area contributed by atoms with Crippen molar-refractivity contribution in [3.05, 3.63) is 20.8 Å². The van der Waals surface area contributed by atoms with Gasteiger partial charge >= 0.3 is 0 Å². The third-order valence-electron chi connectivity index (χ3n) is 2.90. The van der Waals surface area contributed by atoms with Gasteiger partial charge in [0.25, 0.3) is 0 Å². The first-order valence-electron chi connectivity index (χ1n) is 5.47. The first kappa shape index (κ1) is 13.0. The summed E-state index contributed by atoms with van der Waals surface area (Å²) in [5.74, 6) is -0.0270. The van der Waals surface area contributed by atoms with Gasteiger partial charge in [-0.15, -0.1) is 11.3 Å². The van der Waals surface area contributed by atoms with Crippen molar-refractivity contribution in [1.82, 2.24) is 10.6 Å². The van der Waals surface area contributed by atoms with Gasteiger partial charge in [-0.05, 0) is 34.4 Å². The number of likely N-dealkylation sites (N-methyl/N-ethyl adjacent to an activating group) is 1. The molecule has 2 rings (SSSR count). The molecule has 2 heterocycles. The highest BCUT2D eigenvalue weighted by Crippen LogP contribution is 2.22. The summed E-state index contributed by atoms with van der Waals surface area (Å²) < 4.78 is 6.36. The van der Waals surface area contributed by atoms with Crippen LogP contribution in [0.15, 0.2) is 15.9 Å². The zero-order valence-corrected chi connectivity index (χ0v) is 11.9. The zero-order chi connectivity index (χ0) is 12.3. The molecule has 0 aliphatic carbocycles. The normalized spacial score (nSPS) is 23.9. The van der Waals surface area contributed by atoms with E-state index >= 15 is 0 Å². The maximum absolute atomic E-state index is 12.0. The molecule has 94 valence electrons. The van der Waals surface area contributed by atoms with Gasteiger partial charge in [-0.25, -0.2) is 0 Å². The van der Waals surface area contributed by atoms with Gasteiger partial charge in [-0.2, -0.15) is 0 Å². The van der Waals surface area contributed by atoms with Crippen molar-refractivity contribution in [2.24, 2.45) is 5.92 Å². The summed E-state index contributed by atoms with van der Waals surface area (Å²) in [5, 5.41) is 8.06. The Morgan fingerprint density at radius 3 is 3.12 bits per heavy atom. The fourth-order valence-corrected chi connectivity index (χ4v) is 3.28. The van der Waals surface area contributed by atoms with E-state index in [2.05, 4.69) is 26.6 Å². The van der Waals surface area contributed by atoms with E-state index in [-0.39, 0.29) is 17.9 Å². The molecule has 0 radical (unpaired) electrons. The number of rotatable bonds is 4. The van der Waals surface area contributed by atoms with Crippen LogP contribution < -0.4 is 10.6 Å². The summed E-state index contributed by atoms with van der Waals surface area (Å²) in [6.45, 7) is 1.68. The molecular formula is C11H15BrN2O2S. The fraction of sp³-hybridized carbons (Fsp3) is 0.545. The second kappa shape index (κ2) is 5.95. The van der Waals surface area contributed by atoms with Crippen LogP contribution >= 0.6 is 27.3 Å². The van der Waals surface area contributed by atoms with Crippen molar-refractivity contribution in [2.75, 3.05) is 20.3 Å². The Morgan fingerprint density at radius 2 is 2.47 bits per heavy atom. The molecule has 2 atom stereocenters. The highest BCUT2D eigenvalue weighted by Gasteiger charge is 2.32. The average molecular weight is 319 g/mol. The molecule has 0 aromatic carbocycles. The summed E-state index contributed by atoms with van der Waals surface area (Å²) in [5.41, 5.74) is 0. The molecule has 17 heavy (non-hydrogen) atoms. The highest BCUT2D eigenvalue weighted by atomic mass is 79.9. The van der Waals surface area contributed by atoms with E-state index in [1.807, 2.05) is 18.5 Å². The van der Waals surface area contributed by atoms with E-state index in [1.54, 1.807) is 11.3 Å². The molecule has 0 saturated carbocycles. The molecule has 0 spiro atoms. The Kier molecular flexibility index (Phi) is 4.55. The van der Waals surface area contributed by atoms with Crippen molar-refractivity contribution in [2.45, 2.75) is 12.6 Å². The van der Waals surface area contributed by atoms with Crippen LogP contribution in [-0.2, 0) is 16.1 Å². The van der Waals surface area contributed by atoms with E-state index in [9.17, 15) is 4.79 Å². The predicted octanol–water partition coefficient (Wildman–Crippen LogP) is 1.36. The molecule has 1 aliphatic heterocycles. The maximum atomic E-state index is 12.0. The lowest BCUT2D eigenvalue weighted by molar-refractivity contribution is -0.125. The van der Waals surface area contributed by atoms with Gasteiger partial charge in [0, 0.05) is 15.4 Å². The summed E-state index contributed by atoms with van der Waals surface area (Å²) in [6, 6.07) is 2.11. The van der Waals surface area contributed by atoms with Crippen LogP contribution in [0.3, 0.4) is 0 Å². The summed E-state index contributed by atoms with van der Waals surface area (Å²) in [6.07, 6.45) is 0. The van der Waals surface area contributed by atoms with Crippen LogP contribution in [0.5, 0.6) is 0 Å². The number of halogens is 1. The molecule has 2 N–H and O–H groups in total. The summed E-state index contributed by atoms with van der Waals surface area (Å²) >= 11 is 5.08. The standard InChI is InChI=1S/C11H15BrN2O2S/c1-13-9-6-16-5-7(9)11(15)14-4-10-8(12)2-3-17-10/h2-3,7,9,13H,4-6H2,1H3,(H,14,15). The molecule has 4 nitrogen and oxygen atoms in total. The summed E-state index contributed by atoms with van der Waals surface area (Å²) in [4.78, 5) is 13.1. The van der Waals surface area contributed by atoms with Crippen LogP contribution in [0.4, 0.5) is 0 Å². The van der Waals surface area contributed by atoms with Crippen molar-refractivity contribution in [3.8, 4) is 0 Å². The molecule has 1 aliphatic rings. The molecular weight excluding hydrogens is 304 g/mol. The number of amides is 1. The molecule has 1 saturated heterocycles. The van der Waals surface area contributed by atoms with Crippen LogP contribution in [0.2, 0.25) is 0 Å². The molecule has 1 amide bonds. The minimum absolute atomic E-state index is 0.0575. The number of carbonyl (C=O) groups excluding carboxylic acids is 1. The number of hydrogen-bond donors (Lipinski definition) is 2. The minimum Gasteiger partial charge on any atom is -0.379 e. The predicted molar refractivity (Wildman–Crippen MR) is 71.0 cm³/mol. The molecule has 0 bridgehead atoms. The average Bonchev–Trinajstić information content (AvgIpc) is 2.94. The lowest BCUT2D eigenvalue weighted by Gasteiger charge is -2.16. The van der Waals surface area contributed by atoms with Crippen LogP contribution in [0, 0.1) is 5.92 Å². The zero-order valence-electron chi connectivity index (χ0n) is 9.53. The first-order valence-corrected chi connectivity index (χ1v) is 7.14. The lowest BCUT2D eigenvalue weighted by Crippen LogP contribution is -2.42. The first-order chi connectivity index (χ1) is 8.22. The largest absolute Gasteiger partial charge is 0.379 e. The molecule has 2 unspecified atom stereocenters. The quantitative estimate of drug-likeness (QED) is 0.881. The third-order valence-corrected chi connectivity index (χ3v) is 4.83. The molecule has 6 heteroatoms. The third kappa shape index (κ3) is 3.07. The van der Waals surface area contributed by atoms with Gasteiger partial charge in [0.1, 0.15) is 0 Å². The molecule has 1 aromatic heterocycles. The number of nitrogens with one attached hydrogen (secondary N) is 2. The Balaban J connectivity index is 1.87.